The van der Waals surface area contributed by atoms with E-state index < -0.39 is 18.9 Å². The lowest BCUT2D eigenvalue weighted by Gasteiger charge is -2.15. The first kappa shape index (κ1) is 20.5. The molecule has 1 heterocycles. The largest absolute Gasteiger partial charge is 0.364 e. The molecule has 1 amide bonds. The molecule has 146 valence electrons. The molecule has 0 saturated heterocycles. The molecular weight excluding hydrogens is 416 g/mol. The van der Waals surface area contributed by atoms with Crippen molar-refractivity contribution in [1.82, 2.24) is 4.98 Å². The standard InChI is InChI=1S/C20H14ClFN3O3P/c1-11-7-12(3-2-6-23)9-13(8-11)29(28,10-26)19-16-15(25-18(19)20(24)27)5-4-14(21)17(16)22/h2-5,7-10,25H,1H3,(H2,24,27)/b3-2+/t29-/m0/s1. The van der Waals surface area contributed by atoms with Gasteiger partial charge in [-0.1, -0.05) is 17.7 Å². The van der Waals surface area contributed by atoms with Gasteiger partial charge in [0, 0.05) is 22.3 Å². The quantitative estimate of drug-likeness (QED) is 0.367. The Morgan fingerprint density at radius 2 is 2.07 bits per heavy atom. The molecule has 1 atom stereocenters. The summed E-state index contributed by atoms with van der Waals surface area (Å²) in [5.41, 5.74) is 6.39. The van der Waals surface area contributed by atoms with Crippen LogP contribution in [0, 0.1) is 24.1 Å². The fourth-order valence-corrected chi connectivity index (χ4v) is 5.60. The summed E-state index contributed by atoms with van der Waals surface area (Å²) in [6.45, 7) is 1.71. The Labute approximate surface area is 170 Å². The number of hydrogen-bond donors (Lipinski definition) is 2. The van der Waals surface area contributed by atoms with E-state index >= 15 is 0 Å². The second-order valence-corrected chi connectivity index (χ2v) is 9.22. The van der Waals surface area contributed by atoms with E-state index in [1.807, 2.05) is 6.07 Å². The Morgan fingerprint density at radius 1 is 1.34 bits per heavy atom. The number of allylic oxidation sites excluding steroid dienone is 1. The molecule has 3 aromatic rings. The fraction of sp³-hybridized carbons (Fsp3) is 0.0500. The predicted octanol–water partition coefficient (Wildman–Crippen LogP) is 3.41. The normalized spacial score (nSPS) is 13.3. The Kier molecular flexibility index (Phi) is 5.43. The van der Waals surface area contributed by atoms with Crippen LogP contribution in [-0.4, -0.2) is 16.9 Å². The van der Waals surface area contributed by atoms with Crippen molar-refractivity contribution in [3.05, 3.63) is 64.1 Å². The highest BCUT2D eigenvalue weighted by molar-refractivity contribution is 7.91. The average Bonchev–Trinajstić information content (AvgIpc) is 3.09. The van der Waals surface area contributed by atoms with E-state index in [1.54, 1.807) is 13.0 Å². The molecule has 3 rings (SSSR count). The first-order chi connectivity index (χ1) is 13.7. The number of aryl methyl sites for hydroxylation is 1. The molecule has 0 aliphatic heterocycles. The first-order valence-electron chi connectivity index (χ1n) is 8.27. The number of nitrogens with two attached hydrogens (primary N) is 1. The number of primary amides is 1. The molecule has 1 aromatic heterocycles. The summed E-state index contributed by atoms with van der Waals surface area (Å²) in [5.74, 6) is -1.91. The third-order valence-electron chi connectivity index (χ3n) is 4.37. The number of H-pyrrole nitrogens is 1. The maximum atomic E-state index is 14.9. The van der Waals surface area contributed by atoms with Crippen molar-refractivity contribution >= 4 is 58.3 Å². The van der Waals surface area contributed by atoms with E-state index in [-0.39, 0.29) is 38.3 Å². The van der Waals surface area contributed by atoms with Gasteiger partial charge in [0.15, 0.2) is 11.8 Å². The van der Waals surface area contributed by atoms with Crippen LogP contribution in [0.25, 0.3) is 17.0 Å². The van der Waals surface area contributed by atoms with Crippen molar-refractivity contribution in [2.24, 2.45) is 5.73 Å². The number of rotatable bonds is 5. The second-order valence-electron chi connectivity index (χ2n) is 6.32. The zero-order valence-electron chi connectivity index (χ0n) is 15.1. The van der Waals surface area contributed by atoms with Gasteiger partial charge in [-0.05, 0) is 48.4 Å². The van der Waals surface area contributed by atoms with Crippen LogP contribution in [0.2, 0.25) is 5.02 Å². The van der Waals surface area contributed by atoms with Crippen LogP contribution in [-0.2, 0) is 9.36 Å². The molecule has 6 nitrogen and oxygen atoms in total. The first-order valence-corrected chi connectivity index (χ1v) is 10.4. The molecule has 0 unspecified atom stereocenters. The van der Waals surface area contributed by atoms with Crippen molar-refractivity contribution in [3.8, 4) is 6.07 Å². The summed E-state index contributed by atoms with van der Waals surface area (Å²) in [6, 6.07) is 9.40. The van der Waals surface area contributed by atoms with Crippen molar-refractivity contribution in [2.75, 3.05) is 0 Å². The number of benzene rings is 2. The monoisotopic (exact) mass is 429 g/mol. The summed E-state index contributed by atoms with van der Waals surface area (Å²) < 4.78 is 28.8. The van der Waals surface area contributed by atoms with Crippen molar-refractivity contribution in [2.45, 2.75) is 6.92 Å². The van der Waals surface area contributed by atoms with Gasteiger partial charge in [-0.25, -0.2) is 4.39 Å². The highest BCUT2D eigenvalue weighted by Gasteiger charge is 2.36. The van der Waals surface area contributed by atoms with E-state index in [9.17, 15) is 18.5 Å². The minimum atomic E-state index is -4.16. The molecule has 9 heteroatoms. The van der Waals surface area contributed by atoms with Gasteiger partial charge >= 0.3 is 0 Å². The molecule has 0 spiro atoms. The summed E-state index contributed by atoms with van der Waals surface area (Å²) in [7, 11) is -4.16. The number of aromatic nitrogens is 1. The SMILES string of the molecule is Cc1cc(/C=C/C#N)cc([P@@](=O)(C=O)c2c(C(N)=O)[nH]c3ccc(Cl)c(F)c23)c1. The van der Waals surface area contributed by atoms with Gasteiger partial charge in [0.05, 0.1) is 16.4 Å². The van der Waals surface area contributed by atoms with Gasteiger partial charge in [0.2, 0.25) is 7.14 Å². The number of halogens is 2. The van der Waals surface area contributed by atoms with Gasteiger partial charge in [0.25, 0.3) is 5.91 Å². The molecule has 0 bridgehead atoms. The molecule has 0 aliphatic carbocycles. The zero-order valence-corrected chi connectivity index (χ0v) is 16.7. The lowest BCUT2D eigenvalue weighted by atomic mass is 10.1. The van der Waals surface area contributed by atoms with Gasteiger partial charge in [-0.3, -0.25) is 9.59 Å². The van der Waals surface area contributed by atoms with E-state index in [1.165, 1.54) is 36.4 Å². The number of nitriles is 1. The molecule has 3 N–H and O–H groups in total. The van der Waals surface area contributed by atoms with Gasteiger partial charge in [0.1, 0.15) is 5.69 Å². The summed E-state index contributed by atoms with van der Waals surface area (Å²) in [6.07, 6.45) is 2.71. The molecular formula is C20H14ClFN3O3P. The highest BCUT2D eigenvalue weighted by atomic mass is 35.5. The van der Waals surface area contributed by atoms with Crippen LogP contribution in [0.4, 0.5) is 4.39 Å². The van der Waals surface area contributed by atoms with Crippen molar-refractivity contribution in [3.63, 3.8) is 0 Å². The molecule has 29 heavy (non-hydrogen) atoms. The van der Waals surface area contributed by atoms with Crippen LogP contribution < -0.4 is 16.3 Å². The Morgan fingerprint density at radius 3 is 2.69 bits per heavy atom. The molecule has 0 aliphatic rings. The van der Waals surface area contributed by atoms with Gasteiger partial charge in [-0.2, -0.15) is 5.26 Å². The van der Waals surface area contributed by atoms with Crippen LogP contribution in [0.3, 0.4) is 0 Å². The number of amides is 1. The maximum Gasteiger partial charge on any atom is 0.265 e. The maximum absolute atomic E-state index is 14.9. The number of nitrogens with zero attached hydrogens (tertiary/aromatic N) is 1. The average molecular weight is 430 g/mol. The summed E-state index contributed by atoms with van der Waals surface area (Å²) in [4.78, 5) is 26.8. The third kappa shape index (κ3) is 3.49. The Bertz CT molecular complexity index is 1290. The molecule has 0 fully saturated rings. The number of nitrogens with one attached hydrogen (secondary N) is 1. The third-order valence-corrected chi connectivity index (χ3v) is 7.10. The van der Waals surface area contributed by atoms with E-state index in [0.717, 1.165) is 0 Å². The van der Waals surface area contributed by atoms with Gasteiger partial charge in [-0.15, -0.1) is 0 Å². The van der Waals surface area contributed by atoms with E-state index in [0.29, 0.717) is 11.1 Å². The minimum absolute atomic E-state index is 0.0767. The van der Waals surface area contributed by atoms with E-state index in [2.05, 4.69) is 4.98 Å². The Balaban J connectivity index is 2.43. The lowest BCUT2D eigenvalue weighted by molar-refractivity contribution is 0.0997. The number of carbonyl (C=O) groups is 2. The second kappa shape index (κ2) is 7.67. The predicted molar refractivity (Wildman–Crippen MR) is 111 cm³/mol. The number of aromatic amines is 1. The van der Waals surface area contributed by atoms with Crippen LogP contribution >= 0.6 is 18.7 Å². The minimum Gasteiger partial charge on any atom is -0.364 e. The zero-order chi connectivity index (χ0) is 21.3. The molecule has 2 aromatic carbocycles. The lowest BCUT2D eigenvalue weighted by Crippen LogP contribution is -2.26. The smallest absolute Gasteiger partial charge is 0.265 e. The van der Waals surface area contributed by atoms with E-state index in [4.69, 9.17) is 22.6 Å². The van der Waals surface area contributed by atoms with Crippen LogP contribution in [0.15, 0.2) is 36.4 Å². The van der Waals surface area contributed by atoms with Crippen LogP contribution in [0.5, 0.6) is 0 Å². The topological polar surface area (TPSA) is 117 Å². The number of hydrogen-bond acceptors (Lipinski definition) is 4. The van der Waals surface area contributed by atoms with Crippen molar-refractivity contribution in [1.29, 1.82) is 5.26 Å². The van der Waals surface area contributed by atoms with Gasteiger partial charge < -0.3 is 15.3 Å². The van der Waals surface area contributed by atoms with Crippen molar-refractivity contribution < 1.29 is 18.5 Å². The number of carbonyl (C=O) groups excluding carboxylic acids is 2. The summed E-state index contributed by atoms with van der Waals surface area (Å²) >= 11 is 5.87. The molecule has 0 saturated carbocycles. The summed E-state index contributed by atoms with van der Waals surface area (Å²) in [5, 5.41) is 8.01. The highest BCUT2D eigenvalue weighted by Crippen LogP contribution is 2.45. The fourth-order valence-electron chi connectivity index (χ4n) is 3.17. The molecule has 0 radical (unpaired) electrons. The Hall–Kier alpha value is -3.20. The van der Waals surface area contributed by atoms with Crippen LogP contribution in [0.1, 0.15) is 21.6 Å². The number of fused-ring (bicyclic) bond motifs is 1.